The second-order valence-corrected chi connectivity index (χ2v) is 6.82. The SMILES string of the molecule is O=C1C(O)CCC2CC(OCc3cc(C(F)(F)F)cc(C(F)(F)F)c3)CN12. The van der Waals surface area contributed by atoms with E-state index in [2.05, 4.69) is 0 Å². The average Bonchev–Trinajstić information content (AvgIpc) is 2.98. The largest absolute Gasteiger partial charge is 0.416 e. The Morgan fingerprint density at radius 2 is 1.63 bits per heavy atom. The summed E-state index contributed by atoms with van der Waals surface area (Å²) in [5.41, 5.74) is -3.02. The average molecular weight is 397 g/mol. The minimum Gasteiger partial charge on any atom is -0.383 e. The molecular formula is C17H17F6NO3. The number of rotatable bonds is 3. The third-order valence-electron chi connectivity index (χ3n) is 4.85. The number of hydrogen-bond acceptors (Lipinski definition) is 3. The van der Waals surface area contributed by atoms with Crippen molar-refractivity contribution >= 4 is 5.91 Å². The number of hydrogen-bond donors (Lipinski definition) is 1. The lowest BCUT2D eigenvalue weighted by Crippen LogP contribution is -2.47. The zero-order chi connectivity index (χ0) is 20.0. The molecule has 2 aliphatic heterocycles. The Hall–Kier alpha value is -1.81. The Morgan fingerprint density at radius 3 is 2.19 bits per heavy atom. The standard InChI is InChI=1S/C17H17F6NO3/c18-16(19,20)10-3-9(4-11(5-10)17(21,22)23)8-27-13-6-12-1-2-14(25)15(26)24(12)7-13/h3-5,12-14,25H,1-2,6-8H2. The van der Waals surface area contributed by atoms with Crippen molar-refractivity contribution in [1.29, 1.82) is 0 Å². The molecule has 0 bridgehead atoms. The van der Waals surface area contributed by atoms with E-state index in [1.165, 1.54) is 4.90 Å². The third kappa shape index (κ3) is 4.37. The fourth-order valence-electron chi connectivity index (χ4n) is 3.52. The molecule has 2 fully saturated rings. The zero-order valence-corrected chi connectivity index (χ0v) is 14.0. The molecule has 27 heavy (non-hydrogen) atoms. The Labute approximate surface area is 150 Å². The third-order valence-corrected chi connectivity index (χ3v) is 4.85. The molecule has 2 saturated heterocycles. The summed E-state index contributed by atoms with van der Waals surface area (Å²) in [6, 6.07) is 1.20. The number of carbonyl (C=O) groups excluding carboxylic acids is 1. The number of ether oxygens (including phenoxy) is 1. The molecule has 1 aromatic rings. The number of piperidine rings is 1. The van der Waals surface area contributed by atoms with Crippen molar-refractivity contribution in [1.82, 2.24) is 4.90 Å². The molecule has 1 N–H and O–H groups in total. The monoisotopic (exact) mass is 397 g/mol. The topological polar surface area (TPSA) is 49.8 Å². The van der Waals surface area contributed by atoms with E-state index in [0.717, 1.165) is 0 Å². The van der Waals surface area contributed by atoms with Crippen LogP contribution in [0.1, 0.15) is 36.0 Å². The van der Waals surface area contributed by atoms with Gasteiger partial charge < -0.3 is 14.7 Å². The minimum absolute atomic E-state index is 0.0688. The number of alkyl halides is 6. The summed E-state index contributed by atoms with van der Waals surface area (Å²) in [5.74, 6) is -0.421. The lowest BCUT2D eigenvalue weighted by Gasteiger charge is -2.31. The highest BCUT2D eigenvalue weighted by atomic mass is 19.4. The lowest BCUT2D eigenvalue weighted by atomic mass is 10.00. The number of amides is 1. The molecule has 0 radical (unpaired) electrons. The zero-order valence-electron chi connectivity index (χ0n) is 14.0. The number of aliphatic hydroxyl groups excluding tert-OH is 1. The van der Waals surface area contributed by atoms with Crippen LogP contribution >= 0.6 is 0 Å². The van der Waals surface area contributed by atoms with Gasteiger partial charge in [-0.1, -0.05) is 0 Å². The van der Waals surface area contributed by atoms with Gasteiger partial charge >= 0.3 is 12.4 Å². The van der Waals surface area contributed by atoms with Crippen LogP contribution in [0.3, 0.4) is 0 Å². The van der Waals surface area contributed by atoms with Gasteiger partial charge in [0.2, 0.25) is 0 Å². The second-order valence-electron chi connectivity index (χ2n) is 6.82. The quantitative estimate of drug-likeness (QED) is 0.796. The highest BCUT2D eigenvalue weighted by molar-refractivity contribution is 5.82. The maximum atomic E-state index is 12.9. The normalized spacial score (nSPS) is 26.4. The van der Waals surface area contributed by atoms with Gasteiger partial charge in [0.25, 0.3) is 5.91 Å². The first-order valence-electron chi connectivity index (χ1n) is 8.33. The van der Waals surface area contributed by atoms with Crippen LogP contribution in [0.4, 0.5) is 26.3 Å². The number of carbonyl (C=O) groups is 1. The number of aliphatic hydroxyl groups is 1. The predicted octanol–water partition coefficient (Wildman–Crippen LogP) is 3.37. The van der Waals surface area contributed by atoms with Gasteiger partial charge in [0, 0.05) is 12.6 Å². The molecule has 1 amide bonds. The van der Waals surface area contributed by atoms with Crippen molar-refractivity contribution in [2.45, 2.75) is 56.5 Å². The van der Waals surface area contributed by atoms with E-state index in [1.807, 2.05) is 0 Å². The van der Waals surface area contributed by atoms with E-state index in [4.69, 9.17) is 4.74 Å². The summed E-state index contributed by atoms with van der Waals surface area (Å²) < 4.78 is 82.8. The predicted molar refractivity (Wildman–Crippen MR) is 80.4 cm³/mol. The Balaban J connectivity index is 1.72. The highest BCUT2D eigenvalue weighted by Crippen LogP contribution is 2.37. The van der Waals surface area contributed by atoms with E-state index >= 15 is 0 Å². The molecule has 0 aromatic heterocycles. The summed E-state index contributed by atoms with van der Waals surface area (Å²) in [6.45, 7) is -0.277. The van der Waals surface area contributed by atoms with Crippen LogP contribution in [0.5, 0.6) is 0 Å². The van der Waals surface area contributed by atoms with Crippen LogP contribution in [0.2, 0.25) is 0 Å². The van der Waals surface area contributed by atoms with E-state index in [1.54, 1.807) is 0 Å². The molecule has 0 spiro atoms. The molecular weight excluding hydrogens is 380 g/mol. The van der Waals surface area contributed by atoms with Crippen molar-refractivity contribution in [2.75, 3.05) is 6.54 Å². The Kier molecular flexibility index (Phi) is 5.15. The van der Waals surface area contributed by atoms with E-state index in [-0.39, 0.29) is 24.2 Å². The van der Waals surface area contributed by atoms with E-state index < -0.39 is 48.2 Å². The number of fused-ring (bicyclic) bond motifs is 1. The van der Waals surface area contributed by atoms with Crippen molar-refractivity contribution in [3.63, 3.8) is 0 Å². The van der Waals surface area contributed by atoms with Gasteiger partial charge in [0.1, 0.15) is 6.10 Å². The summed E-state index contributed by atoms with van der Waals surface area (Å²) in [6.07, 6.45) is -10.1. The smallest absolute Gasteiger partial charge is 0.383 e. The molecule has 3 rings (SSSR count). The van der Waals surface area contributed by atoms with Crippen molar-refractivity contribution in [2.24, 2.45) is 0 Å². The van der Waals surface area contributed by atoms with E-state index in [0.29, 0.717) is 31.4 Å². The van der Waals surface area contributed by atoms with Gasteiger partial charge in [-0.25, -0.2) is 0 Å². The molecule has 2 heterocycles. The summed E-state index contributed by atoms with van der Waals surface area (Å²) in [5, 5.41) is 9.59. The van der Waals surface area contributed by atoms with Gasteiger partial charge in [-0.3, -0.25) is 4.79 Å². The van der Waals surface area contributed by atoms with E-state index in [9.17, 15) is 36.2 Å². The van der Waals surface area contributed by atoms with Crippen molar-refractivity contribution in [3.05, 3.63) is 34.9 Å². The van der Waals surface area contributed by atoms with Gasteiger partial charge in [0.15, 0.2) is 0 Å². The van der Waals surface area contributed by atoms with Crippen LogP contribution in [0, 0.1) is 0 Å². The maximum Gasteiger partial charge on any atom is 0.416 e. The van der Waals surface area contributed by atoms with Crippen LogP contribution in [0.25, 0.3) is 0 Å². The Morgan fingerprint density at radius 1 is 1.04 bits per heavy atom. The number of benzene rings is 1. The van der Waals surface area contributed by atoms with Crippen molar-refractivity contribution < 1.29 is 41.0 Å². The second kappa shape index (κ2) is 6.97. The van der Waals surface area contributed by atoms with Crippen molar-refractivity contribution in [3.8, 4) is 0 Å². The van der Waals surface area contributed by atoms with Crippen LogP contribution in [-0.2, 0) is 28.5 Å². The molecule has 3 unspecified atom stereocenters. The summed E-state index contributed by atoms with van der Waals surface area (Å²) in [4.78, 5) is 13.4. The molecule has 0 aliphatic carbocycles. The van der Waals surface area contributed by atoms with Gasteiger partial charge in [0.05, 0.1) is 23.8 Å². The number of nitrogens with zero attached hydrogens (tertiary/aromatic N) is 1. The first kappa shape index (κ1) is 19.9. The fourth-order valence-corrected chi connectivity index (χ4v) is 3.52. The van der Waals surface area contributed by atoms with Crippen LogP contribution in [-0.4, -0.2) is 40.7 Å². The number of halogens is 6. The minimum atomic E-state index is -4.91. The molecule has 150 valence electrons. The van der Waals surface area contributed by atoms with Gasteiger partial charge in [-0.05, 0) is 43.0 Å². The van der Waals surface area contributed by atoms with Gasteiger partial charge in [-0.2, -0.15) is 26.3 Å². The fraction of sp³-hybridized carbons (Fsp3) is 0.588. The molecule has 4 nitrogen and oxygen atoms in total. The summed E-state index contributed by atoms with van der Waals surface area (Å²) in [7, 11) is 0. The molecule has 10 heteroatoms. The first-order chi connectivity index (χ1) is 12.4. The van der Waals surface area contributed by atoms with Gasteiger partial charge in [-0.15, -0.1) is 0 Å². The highest BCUT2D eigenvalue weighted by Gasteiger charge is 2.42. The maximum absolute atomic E-state index is 12.9. The Bertz CT molecular complexity index is 685. The summed E-state index contributed by atoms with van der Waals surface area (Å²) >= 11 is 0. The molecule has 3 atom stereocenters. The van der Waals surface area contributed by atoms with Crippen LogP contribution in [0.15, 0.2) is 18.2 Å². The van der Waals surface area contributed by atoms with Crippen LogP contribution < -0.4 is 0 Å². The first-order valence-corrected chi connectivity index (χ1v) is 8.33. The lowest BCUT2D eigenvalue weighted by molar-refractivity contribution is -0.146. The molecule has 2 aliphatic rings. The molecule has 1 aromatic carbocycles. The molecule has 0 saturated carbocycles.